The van der Waals surface area contributed by atoms with E-state index in [9.17, 15) is 4.79 Å². The van der Waals surface area contributed by atoms with Crippen LogP contribution < -0.4 is 5.73 Å². The Hall–Kier alpha value is -1.06. The van der Waals surface area contributed by atoms with Crippen LogP contribution in [0.5, 0.6) is 0 Å². The summed E-state index contributed by atoms with van der Waals surface area (Å²) in [5.41, 5.74) is 8.12. The highest BCUT2D eigenvalue weighted by Crippen LogP contribution is 2.17. The summed E-state index contributed by atoms with van der Waals surface area (Å²) in [6.45, 7) is 6.83. The number of hydrogen-bond donors (Lipinski definition) is 1. The first-order valence-corrected chi connectivity index (χ1v) is 7.64. The fourth-order valence-electron chi connectivity index (χ4n) is 2.80. The molecular weight excluding hydrogens is 284 g/mol. The Kier molecular flexibility index (Phi) is 7.20. The summed E-state index contributed by atoms with van der Waals surface area (Å²) in [6, 6.07) is 8.47. The van der Waals surface area contributed by atoms with Crippen LogP contribution >= 0.6 is 12.4 Å². The van der Waals surface area contributed by atoms with Crippen LogP contribution in [-0.2, 0) is 17.6 Å². The van der Waals surface area contributed by atoms with Crippen molar-refractivity contribution in [3.8, 4) is 0 Å². The van der Waals surface area contributed by atoms with E-state index in [1.54, 1.807) is 0 Å². The summed E-state index contributed by atoms with van der Waals surface area (Å²) in [4.78, 5) is 14.2. The van der Waals surface area contributed by atoms with Crippen molar-refractivity contribution in [2.24, 2.45) is 17.6 Å². The number of rotatable bonds is 5. The maximum atomic E-state index is 12.2. The fraction of sp³-hybridized carbons (Fsp3) is 0.588. The Bertz CT molecular complexity index is 445. The summed E-state index contributed by atoms with van der Waals surface area (Å²) in [6.07, 6.45) is 2.66. The second kappa shape index (κ2) is 8.40. The molecule has 0 aromatic heterocycles. The summed E-state index contributed by atoms with van der Waals surface area (Å²) in [5, 5.41) is 0. The Balaban J connectivity index is 0.00000220. The van der Waals surface area contributed by atoms with E-state index in [1.807, 2.05) is 4.90 Å². The zero-order valence-electron chi connectivity index (χ0n) is 13.0. The Labute approximate surface area is 134 Å². The molecular formula is C17H27ClN2O. The van der Waals surface area contributed by atoms with E-state index in [0.29, 0.717) is 24.8 Å². The smallest absolute Gasteiger partial charge is 0.226 e. The van der Waals surface area contributed by atoms with Gasteiger partial charge in [-0.05, 0) is 42.3 Å². The number of likely N-dealkylation sites (tertiary alicyclic amines) is 1. The van der Waals surface area contributed by atoms with E-state index in [0.717, 1.165) is 31.5 Å². The molecule has 1 heterocycles. The molecule has 1 saturated heterocycles. The lowest BCUT2D eigenvalue weighted by Crippen LogP contribution is -2.31. The summed E-state index contributed by atoms with van der Waals surface area (Å²) in [5.74, 6) is 1.39. The van der Waals surface area contributed by atoms with E-state index >= 15 is 0 Å². The van der Waals surface area contributed by atoms with Gasteiger partial charge in [0.1, 0.15) is 0 Å². The molecule has 1 aromatic rings. The van der Waals surface area contributed by atoms with Crippen LogP contribution in [-0.4, -0.2) is 30.4 Å². The van der Waals surface area contributed by atoms with Gasteiger partial charge in [-0.25, -0.2) is 0 Å². The first kappa shape index (κ1) is 18.0. The molecule has 3 nitrogen and oxygen atoms in total. The molecule has 21 heavy (non-hydrogen) atoms. The van der Waals surface area contributed by atoms with Crippen LogP contribution in [0.1, 0.15) is 31.4 Å². The highest BCUT2D eigenvalue weighted by Gasteiger charge is 2.24. The van der Waals surface area contributed by atoms with Gasteiger partial charge >= 0.3 is 0 Å². The predicted molar refractivity (Wildman–Crippen MR) is 89.7 cm³/mol. The summed E-state index contributed by atoms with van der Waals surface area (Å²) >= 11 is 0. The van der Waals surface area contributed by atoms with E-state index in [-0.39, 0.29) is 18.3 Å². The molecule has 0 bridgehead atoms. The SMILES string of the molecule is CC(C)Cc1ccc(CC(=O)N2CCC(CN)C2)cc1.Cl. The fourth-order valence-corrected chi connectivity index (χ4v) is 2.80. The number of amides is 1. The number of halogens is 1. The average molecular weight is 311 g/mol. The first-order valence-electron chi connectivity index (χ1n) is 7.64. The Morgan fingerprint density at radius 2 is 1.90 bits per heavy atom. The predicted octanol–water partition coefficient (Wildman–Crippen LogP) is 2.66. The van der Waals surface area contributed by atoms with Crippen molar-refractivity contribution in [1.29, 1.82) is 0 Å². The molecule has 0 radical (unpaired) electrons. The number of carbonyl (C=O) groups excluding carboxylic acids is 1. The van der Waals surface area contributed by atoms with Crippen molar-refractivity contribution in [1.82, 2.24) is 4.90 Å². The molecule has 1 atom stereocenters. The van der Waals surface area contributed by atoms with Crippen molar-refractivity contribution in [3.63, 3.8) is 0 Å². The topological polar surface area (TPSA) is 46.3 Å². The Morgan fingerprint density at radius 1 is 1.29 bits per heavy atom. The van der Waals surface area contributed by atoms with Gasteiger partial charge in [0.2, 0.25) is 5.91 Å². The van der Waals surface area contributed by atoms with Gasteiger partial charge < -0.3 is 10.6 Å². The third-order valence-electron chi connectivity index (χ3n) is 3.99. The van der Waals surface area contributed by atoms with Crippen LogP contribution in [0.3, 0.4) is 0 Å². The van der Waals surface area contributed by atoms with Crippen molar-refractivity contribution in [3.05, 3.63) is 35.4 Å². The number of benzene rings is 1. The second-order valence-electron chi connectivity index (χ2n) is 6.32. The van der Waals surface area contributed by atoms with Crippen LogP contribution in [0.2, 0.25) is 0 Å². The van der Waals surface area contributed by atoms with E-state index in [2.05, 4.69) is 38.1 Å². The Morgan fingerprint density at radius 3 is 2.43 bits per heavy atom. The number of carbonyl (C=O) groups is 1. The molecule has 4 heteroatoms. The normalized spacial score (nSPS) is 17.9. The van der Waals surface area contributed by atoms with Gasteiger partial charge in [-0.1, -0.05) is 38.1 Å². The second-order valence-corrected chi connectivity index (χ2v) is 6.32. The zero-order valence-corrected chi connectivity index (χ0v) is 13.9. The third-order valence-corrected chi connectivity index (χ3v) is 3.99. The number of hydrogen-bond acceptors (Lipinski definition) is 2. The average Bonchev–Trinajstić information content (AvgIpc) is 2.89. The van der Waals surface area contributed by atoms with Gasteiger partial charge in [0.25, 0.3) is 0 Å². The third kappa shape index (κ3) is 5.33. The molecule has 2 N–H and O–H groups in total. The molecule has 1 unspecified atom stereocenters. The monoisotopic (exact) mass is 310 g/mol. The molecule has 2 rings (SSSR count). The highest BCUT2D eigenvalue weighted by atomic mass is 35.5. The van der Waals surface area contributed by atoms with Crippen LogP contribution in [0.15, 0.2) is 24.3 Å². The van der Waals surface area contributed by atoms with E-state index in [1.165, 1.54) is 5.56 Å². The quantitative estimate of drug-likeness (QED) is 0.909. The lowest BCUT2D eigenvalue weighted by molar-refractivity contribution is -0.129. The maximum absolute atomic E-state index is 12.2. The molecule has 1 aliphatic heterocycles. The molecule has 1 amide bonds. The van der Waals surface area contributed by atoms with Crippen LogP contribution in [0, 0.1) is 11.8 Å². The molecule has 1 aliphatic rings. The zero-order chi connectivity index (χ0) is 14.5. The van der Waals surface area contributed by atoms with Crippen molar-refractivity contribution >= 4 is 18.3 Å². The molecule has 1 aromatic carbocycles. The summed E-state index contributed by atoms with van der Waals surface area (Å²) in [7, 11) is 0. The molecule has 1 fully saturated rings. The van der Waals surface area contributed by atoms with Gasteiger partial charge in [-0.3, -0.25) is 4.79 Å². The maximum Gasteiger partial charge on any atom is 0.226 e. The lowest BCUT2D eigenvalue weighted by Gasteiger charge is -2.16. The molecule has 0 saturated carbocycles. The first-order chi connectivity index (χ1) is 9.58. The van der Waals surface area contributed by atoms with Gasteiger partial charge in [0, 0.05) is 13.1 Å². The minimum atomic E-state index is 0. The van der Waals surface area contributed by atoms with Gasteiger partial charge in [-0.2, -0.15) is 0 Å². The minimum Gasteiger partial charge on any atom is -0.342 e. The van der Waals surface area contributed by atoms with E-state index < -0.39 is 0 Å². The van der Waals surface area contributed by atoms with Gasteiger partial charge in [-0.15, -0.1) is 12.4 Å². The van der Waals surface area contributed by atoms with E-state index in [4.69, 9.17) is 5.73 Å². The number of nitrogens with two attached hydrogens (primary N) is 1. The molecule has 0 spiro atoms. The standard InChI is InChI=1S/C17H26N2O.ClH/c1-13(2)9-14-3-5-15(6-4-14)10-17(20)19-8-7-16(11-18)12-19;/h3-6,13,16H,7-12,18H2,1-2H3;1H. The highest BCUT2D eigenvalue weighted by molar-refractivity contribution is 5.85. The van der Waals surface area contributed by atoms with Crippen LogP contribution in [0.4, 0.5) is 0 Å². The minimum absolute atomic E-state index is 0. The molecule has 118 valence electrons. The lowest BCUT2D eigenvalue weighted by atomic mass is 10.0. The van der Waals surface area contributed by atoms with Crippen LogP contribution in [0.25, 0.3) is 0 Å². The molecule has 0 aliphatic carbocycles. The van der Waals surface area contributed by atoms with Crippen molar-refractivity contribution in [2.75, 3.05) is 19.6 Å². The van der Waals surface area contributed by atoms with Gasteiger partial charge in [0.05, 0.1) is 6.42 Å². The summed E-state index contributed by atoms with van der Waals surface area (Å²) < 4.78 is 0. The largest absolute Gasteiger partial charge is 0.342 e. The van der Waals surface area contributed by atoms with Gasteiger partial charge in [0.15, 0.2) is 0 Å². The van der Waals surface area contributed by atoms with Crippen molar-refractivity contribution in [2.45, 2.75) is 33.1 Å². The van der Waals surface area contributed by atoms with Crippen molar-refractivity contribution < 1.29 is 4.79 Å². The number of nitrogens with zero attached hydrogens (tertiary/aromatic N) is 1.